The Balaban J connectivity index is 1.59. The molecule has 0 aliphatic carbocycles. The topological polar surface area (TPSA) is 106 Å². The maximum atomic E-state index is 6.32. The molecule has 0 spiro atoms. The van der Waals surface area contributed by atoms with E-state index in [9.17, 15) is 0 Å². The second-order valence-corrected chi connectivity index (χ2v) is 8.83. The van der Waals surface area contributed by atoms with Crippen molar-refractivity contribution < 1.29 is 14.2 Å². The summed E-state index contributed by atoms with van der Waals surface area (Å²) in [6.45, 7) is 4.51. The molecule has 1 aromatic heterocycles. The first-order chi connectivity index (χ1) is 17.0. The zero-order valence-corrected chi connectivity index (χ0v) is 21.9. The van der Waals surface area contributed by atoms with E-state index >= 15 is 0 Å². The summed E-state index contributed by atoms with van der Waals surface area (Å²) >= 11 is 9.88. The molecule has 0 radical (unpaired) electrons. The van der Waals surface area contributed by atoms with Gasteiger partial charge in [0.05, 0.1) is 39.3 Å². The molecule has 0 saturated carbocycles. The van der Waals surface area contributed by atoms with Crippen molar-refractivity contribution in [3.05, 3.63) is 51.0 Å². The second kappa shape index (κ2) is 11.5. The summed E-state index contributed by atoms with van der Waals surface area (Å²) in [5, 5.41) is 8.15. The van der Waals surface area contributed by atoms with Crippen LogP contribution in [-0.4, -0.2) is 61.7 Å². The van der Waals surface area contributed by atoms with Crippen molar-refractivity contribution in [1.29, 1.82) is 0 Å². The summed E-state index contributed by atoms with van der Waals surface area (Å²) in [7, 11) is 3.18. The molecular weight excluding hydrogens is 538 g/mol. The van der Waals surface area contributed by atoms with Gasteiger partial charge in [0, 0.05) is 22.6 Å². The van der Waals surface area contributed by atoms with Gasteiger partial charge in [-0.3, -0.25) is 0 Å². The Morgan fingerprint density at radius 1 is 1.06 bits per heavy atom. The second-order valence-electron chi connectivity index (χ2n) is 7.57. The molecule has 1 aliphatic rings. The summed E-state index contributed by atoms with van der Waals surface area (Å²) in [4.78, 5) is 15.7. The first-order valence-electron chi connectivity index (χ1n) is 10.8. The van der Waals surface area contributed by atoms with Crippen LogP contribution in [0.3, 0.4) is 0 Å². The van der Waals surface area contributed by atoms with E-state index in [1.165, 1.54) is 0 Å². The lowest BCUT2D eigenvalue weighted by atomic mass is 10.2. The molecule has 10 nitrogen and oxygen atoms in total. The number of aryl methyl sites for hydroxylation is 1. The SMILES string of the molecule is COc1ccc(/C=N\Nc2nc(Nc3cc(Cl)c(C)cc3Br)nc(N3CCOCC3)n2)cc1OC. The molecule has 1 aliphatic heterocycles. The van der Waals surface area contributed by atoms with E-state index in [4.69, 9.17) is 25.8 Å². The number of anilines is 4. The Morgan fingerprint density at radius 2 is 1.80 bits per heavy atom. The fourth-order valence-electron chi connectivity index (χ4n) is 3.34. The Bertz CT molecular complexity index is 1220. The number of hydrazone groups is 1. The summed E-state index contributed by atoms with van der Waals surface area (Å²) in [6, 6.07) is 9.25. The van der Waals surface area contributed by atoms with Crippen LogP contribution in [0.4, 0.5) is 23.5 Å². The van der Waals surface area contributed by atoms with E-state index < -0.39 is 0 Å². The lowest BCUT2D eigenvalue weighted by Crippen LogP contribution is -2.37. The highest BCUT2D eigenvalue weighted by atomic mass is 79.9. The van der Waals surface area contributed by atoms with Gasteiger partial charge in [0.2, 0.25) is 17.8 Å². The first kappa shape index (κ1) is 25.0. The molecule has 4 rings (SSSR count). The van der Waals surface area contributed by atoms with E-state index in [1.807, 2.05) is 42.2 Å². The molecule has 2 aromatic carbocycles. The maximum absolute atomic E-state index is 6.32. The van der Waals surface area contributed by atoms with Crippen LogP contribution in [0, 0.1) is 6.92 Å². The number of hydrogen-bond donors (Lipinski definition) is 2. The normalized spacial score (nSPS) is 13.7. The van der Waals surface area contributed by atoms with Crippen LogP contribution in [-0.2, 0) is 4.74 Å². The van der Waals surface area contributed by atoms with Gasteiger partial charge in [0.15, 0.2) is 11.5 Å². The fourth-order valence-corrected chi connectivity index (χ4v) is 4.06. The van der Waals surface area contributed by atoms with Crippen LogP contribution in [0.1, 0.15) is 11.1 Å². The molecule has 0 atom stereocenters. The third kappa shape index (κ3) is 6.30. The van der Waals surface area contributed by atoms with Crippen molar-refractivity contribution in [3.8, 4) is 11.5 Å². The van der Waals surface area contributed by atoms with Crippen LogP contribution in [0.2, 0.25) is 5.02 Å². The van der Waals surface area contributed by atoms with Gasteiger partial charge < -0.3 is 24.4 Å². The summed E-state index contributed by atoms with van der Waals surface area (Å²) in [6.07, 6.45) is 1.64. The molecule has 3 aromatic rings. The lowest BCUT2D eigenvalue weighted by molar-refractivity contribution is 0.122. The number of halogens is 2. The third-order valence-electron chi connectivity index (χ3n) is 5.20. The number of ether oxygens (including phenoxy) is 3. The van der Waals surface area contributed by atoms with Crippen molar-refractivity contribution in [2.45, 2.75) is 6.92 Å². The first-order valence-corrected chi connectivity index (χ1v) is 12.0. The van der Waals surface area contributed by atoms with Crippen molar-refractivity contribution in [2.24, 2.45) is 5.10 Å². The highest BCUT2D eigenvalue weighted by Crippen LogP contribution is 2.31. The molecule has 0 unspecified atom stereocenters. The largest absolute Gasteiger partial charge is 0.493 e. The minimum absolute atomic E-state index is 0.287. The predicted molar refractivity (Wildman–Crippen MR) is 141 cm³/mol. The minimum atomic E-state index is 0.287. The Kier molecular flexibility index (Phi) is 8.21. The van der Waals surface area contributed by atoms with Gasteiger partial charge in [0.1, 0.15) is 0 Å². The average Bonchev–Trinajstić information content (AvgIpc) is 2.87. The molecule has 2 N–H and O–H groups in total. The van der Waals surface area contributed by atoms with Crippen molar-refractivity contribution in [2.75, 3.05) is 56.2 Å². The smallest absolute Gasteiger partial charge is 0.250 e. The van der Waals surface area contributed by atoms with Gasteiger partial charge in [-0.2, -0.15) is 20.1 Å². The van der Waals surface area contributed by atoms with E-state index in [-0.39, 0.29) is 5.95 Å². The Morgan fingerprint density at radius 3 is 2.54 bits per heavy atom. The number of nitrogens with one attached hydrogen (secondary N) is 2. The minimum Gasteiger partial charge on any atom is -0.493 e. The number of morpholine rings is 1. The number of aromatic nitrogens is 3. The quantitative estimate of drug-likeness (QED) is 0.300. The zero-order chi connectivity index (χ0) is 24.8. The Labute approximate surface area is 216 Å². The van der Waals surface area contributed by atoms with Crippen molar-refractivity contribution >= 4 is 57.3 Å². The molecule has 1 saturated heterocycles. The van der Waals surface area contributed by atoms with Gasteiger partial charge in [-0.15, -0.1) is 0 Å². The van der Waals surface area contributed by atoms with E-state index in [0.29, 0.717) is 54.7 Å². The standard InChI is InChI=1S/C23H25BrClN7O3/c1-14-10-16(24)18(12-17(14)25)27-21-28-22(30-23(29-21)32-6-8-35-9-7-32)31-26-13-15-4-5-19(33-2)20(11-15)34-3/h4-5,10-13H,6-9H2,1-3H3,(H2,27,28,29,30,31)/b26-13-. The monoisotopic (exact) mass is 561 g/mol. The van der Waals surface area contributed by atoms with Crippen molar-refractivity contribution in [3.63, 3.8) is 0 Å². The van der Waals surface area contributed by atoms with Crippen LogP contribution < -0.4 is 25.1 Å². The lowest BCUT2D eigenvalue weighted by Gasteiger charge is -2.27. The fraction of sp³-hybridized carbons (Fsp3) is 0.304. The predicted octanol–water partition coefficient (Wildman–Crippen LogP) is 4.64. The molecule has 0 bridgehead atoms. The average molecular weight is 563 g/mol. The third-order valence-corrected chi connectivity index (χ3v) is 6.26. The Hall–Kier alpha value is -3.15. The molecule has 35 heavy (non-hydrogen) atoms. The summed E-state index contributed by atoms with van der Waals surface area (Å²) < 4.78 is 16.9. The van der Waals surface area contributed by atoms with E-state index in [0.717, 1.165) is 21.3 Å². The van der Waals surface area contributed by atoms with E-state index in [2.05, 4.69) is 46.7 Å². The van der Waals surface area contributed by atoms with Crippen LogP contribution in [0.5, 0.6) is 11.5 Å². The number of rotatable bonds is 8. The van der Waals surface area contributed by atoms with E-state index in [1.54, 1.807) is 20.4 Å². The summed E-state index contributed by atoms with van der Waals surface area (Å²) in [5.74, 6) is 2.41. The van der Waals surface area contributed by atoms with Gasteiger partial charge in [0.25, 0.3) is 0 Å². The molecule has 1 fully saturated rings. The molecular formula is C23H25BrClN7O3. The van der Waals surface area contributed by atoms with Gasteiger partial charge >= 0.3 is 0 Å². The number of hydrogen-bond acceptors (Lipinski definition) is 10. The van der Waals surface area contributed by atoms with Crippen LogP contribution in [0.25, 0.3) is 0 Å². The molecule has 12 heteroatoms. The molecule has 184 valence electrons. The van der Waals surface area contributed by atoms with Gasteiger partial charge in [-0.1, -0.05) is 11.6 Å². The number of methoxy groups -OCH3 is 2. The number of benzene rings is 2. The van der Waals surface area contributed by atoms with Gasteiger partial charge in [-0.05, 0) is 64.3 Å². The maximum Gasteiger partial charge on any atom is 0.250 e. The zero-order valence-electron chi connectivity index (χ0n) is 19.5. The summed E-state index contributed by atoms with van der Waals surface area (Å²) in [5.41, 5.74) is 5.41. The number of nitrogens with zero attached hydrogens (tertiary/aromatic N) is 5. The highest BCUT2D eigenvalue weighted by Gasteiger charge is 2.17. The molecule has 0 amide bonds. The molecule has 2 heterocycles. The van der Waals surface area contributed by atoms with Crippen LogP contribution >= 0.6 is 27.5 Å². The van der Waals surface area contributed by atoms with Crippen molar-refractivity contribution in [1.82, 2.24) is 15.0 Å². The highest BCUT2D eigenvalue weighted by molar-refractivity contribution is 9.10. The van der Waals surface area contributed by atoms with Crippen LogP contribution in [0.15, 0.2) is 39.9 Å². The van der Waals surface area contributed by atoms with Gasteiger partial charge in [-0.25, -0.2) is 5.43 Å².